The third-order valence-electron chi connectivity index (χ3n) is 4.37. The number of hydrogen-bond acceptors (Lipinski definition) is 2. The molecular formula is C17H17IO3. The average Bonchev–Trinajstić information content (AvgIpc) is 2.53. The van der Waals surface area contributed by atoms with E-state index in [2.05, 4.69) is 6.07 Å². The Morgan fingerprint density at radius 3 is 2.62 bits per heavy atom. The number of carbonyl (C=O) groups is 1. The zero-order valence-corrected chi connectivity index (χ0v) is 13.8. The molecule has 1 saturated carbocycles. The molecule has 0 heterocycles. The highest BCUT2D eigenvalue weighted by molar-refractivity contribution is 14.1. The van der Waals surface area contributed by atoms with Crippen molar-refractivity contribution in [2.45, 2.75) is 38.0 Å². The lowest BCUT2D eigenvalue weighted by atomic mass is 9.82. The molecule has 1 N–H and O–H groups in total. The molecule has 0 spiro atoms. The maximum atomic E-state index is 11.3. The van der Waals surface area contributed by atoms with Gasteiger partial charge in [0, 0.05) is 0 Å². The first-order valence-electron chi connectivity index (χ1n) is 7.29. The van der Waals surface area contributed by atoms with Gasteiger partial charge in [0.05, 0.1) is 0 Å². The van der Waals surface area contributed by atoms with Crippen LogP contribution in [0.5, 0.6) is 5.75 Å². The highest BCUT2D eigenvalue weighted by Crippen LogP contribution is 2.38. The minimum absolute atomic E-state index is 0.220. The van der Waals surface area contributed by atoms with Gasteiger partial charge in [-0.05, 0) is 47.2 Å². The molecule has 3 nitrogen and oxygen atoms in total. The predicted octanol–water partition coefficient (Wildman–Crippen LogP) is 5.31. The first-order chi connectivity index (χ1) is 10.2. The highest BCUT2D eigenvalue weighted by Gasteiger charge is 2.20. The standard InChI is InChI=1S/C17H17IO3/c18-21-16-10-14-12(9-15(16)17(19)20)7-4-8-13(14)11-5-2-1-3-6-11/h4,7-11H,1-3,5-6H2,(H,19,20). The van der Waals surface area contributed by atoms with Crippen molar-refractivity contribution in [2.75, 3.05) is 0 Å². The number of hydrogen-bond donors (Lipinski definition) is 1. The Morgan fingerprint density at radius 2 is 1.95 bits per heavy atom. The van der Waals surface area contributed by atoms with Gasteiger partial charge in [0.15, 0.2) is 23.0 Å². The molecular weight excluding hydrogens is 379 g/mol. The van der Waals surface area contributed by atoms with E-state index in [0.717, 1.165) is 10.8 Å². The van der Waals surface area contributed by atoms with Crippen LogP contribution in [0.3, 0.4) is 0 Å². The van der Waals surface area contributed by atoms with Gasteiger partial charge in [-0.2, -0.15) is 0 Å². The van der Waals surface area contributed by atoms with Crippen LogP contribution in [0.25, 0.3) is 10.8 Å². The number of rotatable bonds is 3. The SMILES string of the molecule is O=C(O)c1cc2cccc(C3CCCCC3)c2cc1OI. The van der Waals surface area contributed by atoms with E-state index in [-0.39, 0.29) is 5.56 Å². The molecule has 1 fully saturated rings. The first kappa shape index (κ1) is 14.6. The van der Waals surface area contributed by atoms with Crippen LogP contribution in [0, 0.1) is 0 Å². The molecule has 0 saturated heterocycles. The lowest BCUT2D eigenvalue weighted by Crippen LogP contribution is -2.05. The third-order valence-corrected chi connectivity index (χ3v) is 4.85. The largest absolute Gasteiger partial charge is 0.478 e. The molecule has 0 bridgehead atoms. The highest BCUT2D eigenvalue weighted by atomic mass is 127. The van der Waals surface area contributed by atoms with Crippen LogP contribution in [0.15, 0.2) is 30.3 Å². The van der Waals surface area contributed by atoms with E-state index in [0.29, 0.717) is 11.7 Å². The maximum Gasteiger partial charge on any atom is 0.339 e. The zero-order valence-electron chi connectivity index (χ0n) is 11.6. The van der Waals surface area contributed by atoms with Crippen molar-refractivity contribution in [1.82, 2.24) is 0 Å². The molecule has 0 aromatic heterocycles. The summed E-state index contributed by atoms with van der Waals surface area (Å²) in [6.07, 6.45) is 6.33. The zero-order chi connectivity index (χ0) is 14.8. The van der Waals surface area contributed by atoms with Crippen LogP contribution in [-0.2, 0) is 0 Å². The number of carboxylic acid groups (broad SMARTS) is 1. The number of aromatic carboxylic acids is 1. The molecule has 0 atom stereocenters. The van der Waals surface area contributed by atoms with E-state index in [9.17, 15) is 9.90 Å². The van der Waals surface area contributed by atoms with Crippen molar-refractivity contribution in [2.24, 2.45) is 0 Å². The monoisotopic (exact) mass is 396 g/mol. The van der Waals surface area contributed by atoms with E-state index in [1.54, 1.807) is 29.1 Å². The Kier molecular flexibility index (Phi) is 4.33. The summed E-state index contributed by atoms with van der Waals surface area (Å²) in [6, 6.07) is 9.79. The molecule has 1 aliphatic rings. The Balaban J connectivity index is 2.15. The van der Waals surface area contributed by atoms with E-state index in [1.807, 2.05) is 18.2 Å². The summed E-state index contributed by atoms with van der Waals surface area (Å²) in [5, 5.41) is 11.4. The summed E-state index contributed by atoms with van der Waals surface area (Å²) < 4.78 is 5.25. The van der Waals surface area contributed by atoms with Crippen molar-refractivity contribution in [3.63, 3.8) is 0 Å². The number of halogens is 1. The van der Waals surface area contributed by atoms with Gasteiger partial charge in [-0.25, -0.2) is 4.79 Å². The summed E-state index contributed by atoms with van der Waals surface area (Å²) in [5.74, 6) is 0.0608. The smallest absolute Gasteiger partial charge is 0.339 e. The van der Waals surface area contributed by atoms with Crippen molar-refractivity contribution < 1.29 is 13.0 Å². The summed E-state index contributed by atoms with van der Waals surface area (Å²) in [6.45, 7) is 0. The lowest BCUT2D eigenvalue weighted by molar-refractivity contribution is 0.0695. The first-order valence-corrected chi connectivity index (χ1v) is 8.17. The normalized spacial score (nSPS) is 16.0. The second-order valence-corrected chi connectivity index (χ2v) is 6.07. The average molecular weight is 396 g/mol. The van der Waals surface area contributed by atoms with Crippen LogP contribution in [0.2, 0.25) is 0 Å². The van der Waals surface area contributed by atoms with E-state index >= 15 is 0 Å². The van der Waals surface area contributed by atoms with Gasteiger partial charge in [-0.3, -0.25) is 0 Å². The summed E-state index contributed by atoms with van der Waals surface area (Å²) in [5.41, 5.74) is 1.55. The molecule has 0 aliphatic heterocycles. The van der Waals surface area contributed by atoms with Gasteiger partial charge in [-0.1, -0.05) is 37.5 Å². The van der Waals surface area contributed by atoms with Crippen molar-refractivity contribution in [1.29, 1.82) is 0 Å². The molecule has 3 rings (SSSR count). The predicted molar refractivity (Wildman–Crippen MR) is 91.4 cm³/mol. The minimum atomic E-state index is -0.952. The van der Waals surface area contributed by atoms with Gasteiger partial charge in [0.1, 0.15) is 11.3 Å². The second-order valence-electron chi connectivity index (χ2n) is 5.63. The number of fused-ring (bicyclic) bond motifs is 1. The van der Waals surface area contributed by atoms with E-state index in [4.69, 9.17) is 3.07 Å². The number of carboxylic acids is 1. The topological polar surface area (TPSA) is 46.5 Å². The van der Waals surface area contributed by atoms with Gasteiger partial charge in [-0.15, -0.1) is 0 Å². The summed E-state index contributed by atoms with van der Waals surface area (Å²) in [7, 11) is 0. The van der Waals surface area contributed by atoms with Gasteiger partial charge in [0.2, 0.25) is 0 Å². The molecule has 0 radical (unpaired) electrons. The molecule has 2 aromatic carbocycles. The summed E-state index contributed by atoms with van der Waals surface area (Å²) >= 11 is 1.75. The molecule has 1 aliphatic carbocycles. The molecule has 2 aromatic rings. The Labute approximate surface area is 138 Å². The van der Waals surface area contributed by atoms with Crippen molar-refractivity contribution >= 4 is 39.7 Å². The van der Waals surface area contributed by atoms with Crippen LogP contribution in [0.4, 0.5) is 0 Å². The maximum absolute atomic E-state index is 11.3. The fourth-order valence-electron chi connectivity index (χ4n) is 3.33. The van der Waals surface area contributed by atoms with Gasteiger partial charge in [0.25, 0.3) is 0 Å². The third kappa shape index (κ3) is 2.86. The van der Waals surface area contributed by atoms with Crippen molar-refractivity contribution in [3.8, 4) is 5.75 Å². The fraction of sp³-hybridized carbons (Fsp3) is 0.353. The quantitative estimate of drug-likeness (QED) is 0.715. The van der Waals surface area contributed by atoms with Gasteiger partial charge >= 0.3 is 5.97 Å². The van der Waals surface area contributed by atoms with E-state index in [1.165, 1.54) is 37.7 Å². The van der Waals surface area contributed by atoms with Gasteiger partial charge < -0.3 is 8.17 Å². The van der Waals surface area contributed by atoms with Crippen LogP contribution in [0.1, 0.15) is 53.9 Å². The Morgan fingerprint density at radius 1 is 1.19 bits per heavy atom. The van der Waals surface area contributed by atoms with E-state index < -0.39 is 5.97 Å². The van der Waals surface area contributed by atoms with Crippen LogP contribution in [-0.4, -0.2) is 11.1 Å². The number of benzene rings is 2. The van der Waals surface area contributed by atoms with Crippen LogP contribution >= 0.6 is 23.0 Å². The Hall–Kier alpha value is -1.30. The van der Waals surface area contributed by atoms with Crippen molar-refractivity contribution in [3.05, 3.63) is 41.5 Å². The lowest BCUT2D eigenvalue weighted by Gasteiger charge is -2.23. The second kappa shape index (κ2) is 6.22. The molecule has 0 amide bonds. The molecule has 4 heteroatoms. The summed E-state index contributed by atoms with van der Waals surface area (Å²) in [4.78, 5) is 11.3. The molecule has 110 valence electrons. The molecule has 0 unspecified atom stereocenters. The fourth-order valence-corrected chi connectivity index (χ4v) is 3.69. The molecule has 21 heavy (non-hydrogen) atoms. The minimum Gasteiger partial charge on any atom is -0.478 e. The van der Waals surface area contributed by atoms with Crippen LogP contribution < -0.4 is 3.07 Å². The Bertz CT molecular complexity index is 675.